The smallest absolute Gasteiger partial charge is 0.423 e. The Hall–Kier alpha value is -4.84. The van der Waals surface area contributed by atoms with Gasteiger partial charge in [0.15, 0.2) is 17.2 Å². The lowest BCUT2D eigenvalue weighted by Gasteiger charge is -2.63. The second kappa shape index (κ2) is 14.2. The number of amides is 3. The van der Waals surface area contributed by atoms with E-state index in [1.165, 1.54) is 0 Å². The number of benzene rings is 2. The van der Waals surface area contributed by atoms with E-state index >= 15 is 0 Å². The molecular formula is C31H38F6N4O17. The Morgan fingerprint density at radius 1 is 0.828 bits per heavy atom. The highest BCUT2D eigenvalue weighted by atomic mass is 19.4. The summed E-state index contributed by atoms with van der Waals surface area (Å²) in [5.41, 5.74) is -10.5. The van der Waals surface area contributed by atoms with Crippen molar-refractivity contribution in [2.75, 3.05) is 13.6 Å². The summed E-state index contributed by atoms with van der Waals surface area (Å²) in [5.74, 6) is -32.4. The molecule has 3 amide bonds. The molecule has 0 bridgehead atoms. The van der Waals surface area contributed by atoms with Crippen molar-refractivity contribution in [2.24, 2.45) is 0 Å². The van der Waals surface area contributed by atoms with Crippen molar-refractivity contribution >= 4 is 11.9 Å². The number of hydrogen-bond acceptors (Lipinski definition) is 18. The van der Waals surface area contributed by atoms with Crippen molar-refractivity contribution in [1.29, 1.82) is 0 Å². The predicted octanol–water partition coefficient (Wildman–Crippen LogP) is -1.45. The van der Waals surface area contributed by atoms with Gasteiger partial charge in [0.2, 0.25) is 11.7 Å². The fourth-order valence-corrected chi connectivity index (χ4v) is 7.19. The fourth-order valence-electron chi connectivity index (χ4n) is 7.19. The molecule has 326 valence electrons. The summed E-state index contributed by atoms with van der Waals surface area (Å²) in [6.07, 6.45) is -13.3. The third-order valence-corrected chi connectivity index (χ3v) is 10.3. The molecule has 0 spiro atoms. The van der Waals surface area contributed by atoms with Crippen LogP contribution in [-0.2, 0) is 17.4 Å². The van der Waals surface area contributed by atoms with E-state index in [0.717, 1.165) is 6.92 Å². The first-order valence-electron chi connectivity index (χ1n) is 16.3. The molecule has 2 saturated heterocycles. The van der Waals surface area contributed by atoms with E-state index in [4.69, 9.17) is 0 Å². The number of phenols is 6. The molecule has 15 N–H and O–H groups in total. The molecule has 0 aliphatic carbocycles. The van der Waals surface area contributed by atoms with Crippen molar-refractivity contribution in [3.8, 4) is 34.5 Å². The van der Waals surface area contributed by atoms with E-state index in [1.54, 1.807) is 0 Å². The first-order chi connectivity index (χ1) is 26.0. The standard InChI is InChI=1S/C31H38F6N4O17/c1-9-14(22(47)23(48)17(32)18(9)43)13-7-11(41-30(55,56)28(51,52)40(10(2)42)29(53,54)31(41,57)58)5-6-39(13)25(49)38(4)26(3,50)8-12-19(44)15(24(33)34)21(46)16(20(12)45)27(35,36)37/h11,13,24,43-48,50-58H,5-8H2,1-4H3. The van der Waals surface area contributed by atoms with Gasteiger partial charge < -0.3 is 81.5 Å². The maximum Gasteiger partial charge on any atom is 0.423 e. The quantitative estimate of drug-likeness (QED) is 0.0684. The molecule has 0 radical (unpaired) electrons. The van der Waals surface area contributed by atoms with Crippen molar-refractivity contribution < 1.29 is 113 Å². The number of hydrogen-bond donors (Lipinski definition) is 15. The zero-order valence-corrected chi connectivity index (χ0v) is 30.1. The van der Waals surface area contributed by atoms with Gasteiger partial charge in [-0.05, 0) is 26.7 Å². The molecule has 2 fully saturated rings. The number of piperidine rings is 1. The van der Waals surface area contributed by atoms with E-state index in [-0.39, 0.29) is 4.90 Å². The third-order valence-electron chi connectivity index (χ3n) is 10.3. The Balaban J connectivity index is 1.88. The monoisotopic (exact) mass is 852 g/mol. The molecule has 3 atom stereocenters. The number of piperazine rings is 1. The van der Waals surface area contributed by atoms with Crippen LogP contribution < -0.4 is 0 Å². The van der Waals surface area contributed by atoms with Gasteiger partial charge in [0, 0.05) is 49.7 Å². The summed E-state index contributed by atoms with van der Waals surface area (Å²) in [4.78, 5) is 25.6. The highest BCUT2D eigenvalue weighted by Gasteiger charge is 2.79. The summed E-state index contributed by atoms with van der Waals surface area (Å²) >= 11 is 0. The Morgan fingerprint density at radius 3 is 1.78 bits per heavy atom. The van der Waals surface area contributed by atoms with Crippen LogP contribution in [0.5, 0.6) is 34.5 Å². The maximum atomic E-state index is 14.6. The van der Waals surface area contributed by atoms with Crippen LogP contribution in [0, 0.1) is 12.7 Å². The maximum absolute atomic E-state index is 14.6. The van der Waals surface area contributed by atoms with Gasteiger partial charge in [0.25, 0.3) is 6.43 Å². The molecule has 2 aromatic rings. The molecule has 2 aromatic carbocycles. The molecular weight excluding hydrogens is 814 g/mol. The molecule has 58 heavy (non-hydrogen) atoms. The van der Waals surface area contributed by atoms with Crippen LogP contribution in [0.15, 0.2) is 0 Å². The number of halogens is 6. The largest absolute Gasteiger partial charge is 0.507 e. The minimum atomic E-state index is -5.74. The highest BCUT2D eigenvalue weighted by Crippen LogP contribution is 2.54. The summed E-state index contributed by atoms with van der Waals surface area (Å²) < 4.78 is 83.5. The highest BCUT2D eigenvalue weighted by molar-refractivity contribution is 5.77. The minimum absolute atomic E-state index is 0.229. The Bertz CT molecular complexity index is 1950. The lowest BCUT2D eigenvalue weighted by molar-refractivity contribution is -0.604. The van der Waals surface area contributed by atoms with Gasteiger partial charge in [0.1, 0.15) is 34.1 Å². The molecule has 27 heteroatoms. The van der Waals surface area contributed by atoms with Crippen molar-refractivity contribution in [2.45, 2.75) is 94.1 Å². The molecule has 0 aromatic heterocycles. The first kappa shape index (κ1) is 45.9. The van der Waals surface area contributed by atoms with Crippen LogP contribution in [0.3, 0.4) is 0 Å². The minimum Gasteiger partial charge on any atom is -0.507 e. The van der Waals surface area contributed by atoms with Crippen molar-refractivity contribution in [3.05, 3.63) is 33.6 Å². The van der Waals surface area contributed by atoms with Gasteiger partial charge in [-0.15, -0.1) is 0 Å². The second-order valence-electron chi connectivity index (χ2n) is 13.9. The topological polar surface area (TPSA) is 351 Å². The summed E-state index contributed by atoms with van der Waals surface area (Å²) in [5, 5.41) is 160. The number of aromatic hydroxyl groups is 6. The molecule has 2 aliphatic heterocycles. The SMILES string of the molecule is CC(=O)N1C(O)(O)C(O)(O)N(C2CCN(C(=O)N(C)C(C)(O)Cc3c(O)c(C(F)F)c(O)c(C(F)(F)F)c3O)C(c3c(C)c(O)c(F)c(O)c3O)C2)C(O)(O)C1(O)O. The number of phenolic OH excluding ortho intramolecular Hbond substituents is 6. The van der Waals surface area contributed by atoms with Crippen molar-refractivity contribution in [3.63, 3.8) is 0 Å². The number of urea groups is 1. The van der Waals surface area contributed by atoms with Gasteiger partial charge in [-0.1, -0.05) is 0 Å². The number of likely N-dealkylation sites (tertiary alicyclic amines) is 1. The van der Waals surface area contributed by atoms with Gasteiger partial charge in [-0.25, -0.2) is 18.5 Å². The van der Waals surface area contributed by atoms with E-state index in [0.29, 0.717) is 25.8 Å². The number of carbonyl (C=O) groups excluding carboxylic acids is 2. The van der Waals surface area contributed by atoms with Gasteiger partial charge in [0.05, 0.1) is 6.04 Å². The molecule has 4 rings (SSSR count). The van der Waals surface area contributed by atoms with Crippen LogP contribution in [0.2, 0.25) is 0 Å². The zero-order chi connectivity index (χ0) is 45.0. The fraction of sp³-hybridized carbons (Fsp3) is 0.548. The number of aliphatic hydroxyl groups is 9. The number of carbonyl (C=O) groups is 2. The van der Waals surface area contributed by atoms with Crippen LogP contribution in [0.1, 0.15) is 67.0 Å². The third kappa shape index (κ3) is 6.65. The second-order valence-corrected chi connectivity index (χ2v) is 13.9. The van der Waals surface area contributed by atoms with Crippen LogP contribution in [0.4, 0.5) is 31.1 Å². The average Bonchev–Trinajstić information content (AvgIpc) is 3.05. The summed E-state index contributed by atoms with van der Waals surface area (Å²) in [6.45, 7) is 0.945. The number of likely N-dealkylation sites (N-methyl/N-ethyl adjacent to an activating group) is 1. The number of rotatable bonds is 6. The Morgan fingerprint density at radius 2 is 1.33 bits per heavy atom. The Labute approximate surface area is 320 Å². The van der Waals surface area contributed by atoms with E-state index in [1.807, 2.05) is 0 Å². The summed E-state index contributed by atoms with van der Waals surface area (Å²) in [7, 11) is 0.697. The lowest BCUT2D eigenvalue weighted by Crippen LogP contribution is -2.92. The van der Waals surface area contributed by atoms with Crippen LogP contribution in [-0.4, -0.2) is 157 Å². The van der Waals surface area contributed by atoms with E-state index in [9.17, 15) is 113 Å². The van der Waals surface area contributed by atoms with Gasteiger partial charge in [-0.2, -0.15) is 22.5 Å². The predicted molar refractivity (Wildman–Crippen MR) is 171 cm³/mol. The zero-order valence-electron chi connectivity index (χ0n) is 30.1. The van der Waals surface area contributed by atoms with Crippen LogP contribution in [0.25, 0.3) is 0 Å². The molecule has 3 unspecified atom stereocenters. The normalized spacial score (nSPS) is 22.8. The average molecular weight is 853 g/mol. The van der Waals surface area contributed by atoms with Crippen molar-refractivity contribution in [1.82, 2.24) is 19.6 Å². The molecule has 21 nitrogen and oxygen atoms in total. The Kier molecular flexibility index (Phi) is 11.2. The van der Waals surface area contributed by atoms with Gasteiger partial charge in [-0.3, -0.25) is 9.69 Å². The van der Waals surface area contributed by atoms with Crippen LogP contribution >= 0.6 is 0 Å². The molecule has 2 aliphatic rings. The molecule has 0 saturated carbocycles. The molecule has 2 heterocycles. The van der Waals surface area contributed by atoms with E-state index < -0.39 is 170 Å². The number of alkyl halides is 5. The lowest BCUT2D eigenvalue weighted by atomic mass is 9.86. The summed E-state index contributed by atoms with van der Waals surface area (Å²) in [6, 6.07) is -5.80. The number of nitrogens with zero attached hydrogens (tertiary/aromatic N) is 4. The van der Waals surface area contributed by atoms with Gasteiger partial charge >= 0.3 is 35.9 Å². The first-order valence-corrected chi connectivity index (χ1v) is 16.3. The van der Waals surface area contributed by atoms with E-state index in [2.05, 4.69) is 0 Å².